The predicted octanol–water partition coefficient (Wildman–Crippen LogP) is 2.13. The normalized spacial score (nSPS) is 11.3. The lowest BCUT2D eigenvalue weighted by atomic mass is 10.2. The molecule has 2 rings (SSSR count). The third-order valence-corrected chi connectivity index (χ3v) is 4.11. The van der Waals surface area contributed by atoms with Gasteiger partial charge >= 0.3 is 0 Å². The predicted molar refractivity (Wildman–Crippen MR) is 78.8 cm³/mol. The molecule has 0 aliphatic carbocycles. The molecular formula is C14H16FN3O2S. The monoisotopic (exact) mass is 309 g/mol. The number of nitrogens with one attached hydrogen (secondary N) is 2. The molecule has 0 aliphatic heterocycles. The molecule has 0 radical (unpaired) electrons. The quantitative estimate of drug-likeness (QED) is 0.857. The first kappa shape index (κ1) is 15.4. The van der Waals surface area contributed by atoms with Crippen molar-refractivity contribution in [2.75, 3.05) is 11.9 Å². The molecule has 5 nitrogen and oxygen atoms in total. The summed E-state index contributed by atoms with van der Waals surface area (Å²) in [6.07, 6.45) is 1.41. The van der Waals surface area contributed by atoms with Crippen LogP contribution >= 0.6 is 0 Å². The molecule has 7 heteroatoms. The fraction of sp³-hybridized carbons (Fsp3) is 0.214. The van der Waals surface area contributed by atoms with E-state index in [0.717, 1.165) is 0 Å². The van der Waals surface area contributed by atoms with Gasteiger partial charge in [-0.25, -0.2) is 22.5 Å². The molecule has 0 saturated carbocycles. The molecular weight excluding hydrogens is 293 g/mol. The van der Waals surface area contributed by atoms with E-state index >= 15 is 0 Å². The molecule has 0 fully saturated rings. The number of sulfonamides is 1. The molecule has 0 bridgehead atoms. The summed E-state index contributed by atoms with van der Waals surface area (Å²) in [5, 5.41) is 2.88. The maximum Gasteiger partial charge on any atom is 0.260 e. The third-order valence-electron chi connectivity index (χ3n) is 2.75. The van der Waals surface area contributed by atoms with Crippen LogP contribution in [0.3, 0.4) is 0 Å². The highest BCUT2D eigenvalue weighted by atomic mass is 32.2. The van der Waals surface area contributed by atoms with Crippen molar-refractivity contribution in [2.24, 2.45) is 0 Å². The lowest BCUT2D eigenvalue weighted by molar-refractivity contribution is 0.577. The Morgan fingerprint density at radius 2 is 2.05 bits per heavy atom. The minimum atomic E-state index is -3.77. The van der Waals surface area contributed by atoms with Gasteiger partial charge in [0.2, 0.25) is 0 Å². The molecule has 21 heavy (non-hydrogen) atoms. The second-order valence-electron chi connectivity index (χ2n) is 4.34. The van der Waals surface area contributed by atoms with Gasteiger partial charge < -0.3 is 5.32 Å². The summed E-state index contributed by atoms with van der Waals surface area (Å²) in [6, 6.07) is 9.07. The number of pyridine rings is 1. The van der Waals surface area contributed by atoms with Gasteiger partial charge in [-0.15, -0.1) is 0 Å². The van der Waals surface area contributed by atoms with Crippen molar-refractivity contribution in [3.05, 3.63) is 54.0 Å². The van der Waals surface area contributed by atoms with Crippen LogP contribution in [-0.2, 0) is 16.6 Å². The van der Waals surface area contributed by atoms with Gasteiger partial charge in [0, 0.05) is 19.3 Å². The Labute approximate surface area is 123 Å². The molecule has 0 atom stereocenters. The van der Waals surface area contributed by atoms with Crippen molar-refractivity contribution in [3.8, 4) is 0 Å². The SMILES string of the molecule is CCNc1cccnc1S(=O)(=O)NCc1cccc(F)c1. The van der Waals surface area contributed by atoms with Crippen LogP contribution in [0, 0.1) is 5.82 Å². The Balaban J connectivity index is 2.19. The number of aromatic nitrogens is 1. The second-order valence-corrected chi connectivity index (χ2v) is 6.02. The number of nitrogens with zero attached hydrogens (tertiary/aromatic N) is 1. The number of benzene rings is 1. The number of hydrogen-bond donors (Lipinski definition) is 2. The van der Waals surface area contributed by atoms with Crippen LogP contribution in [0.1, 0.15) is 12.5 Å². The van der Waals surface area contributed by atoms with Crippen molar-refractivity contribution in [1.82, 2.24) is 9.71 Å². The van der Waals surface area contributed by atoms with Crippen LogP contribution in [0.5, 0.6) is 0 Å². The highest BCUT2D eigenvalue weighted by molar-refractivity contribution is 7.89. The maximum absolute atomic E-state index is 13.1. The van der Waals surface area contributed by atoms with Gasteiger partial charge in [-0.2, -0.15) is 0 Å². The fourth-order valence-electron chi connectivity index (χ4n) is 1.82. The average Bonchev–Trinajstić information content (AvgIpc) is 2.46. The van der Waals surface area contributed by atoms with E-state index in [1.807, 2.05) is 6.92 Å². The number of anilines is 1. The Morgan fingerprint density at radius 3 is 2.76 bits per heavy atom. The lowest BCUT2D eigenvalue weighted by Crippen LogP contribution is -2.25. The molecule has 1 aromatic carbocycles. The summed E-state index contributed by atoms with van der Waals surface area (Å²) >= 11 is 0. The van der Waals surface area contributed by atoms with Gasteiger partial charge in [-0.3, -0.25) is 0 Å². The molecule has 0 amide bonds. The molecule has 0 unspecified atom stereocenters. The minimum absolute atomic E-state index is 0.00221. The molecule has 0 saturated heterocycles. The van der Waals surface area contributed by atoms with Gasteiger partial charge in [-0.1, -0.05) is 12.1 Å². The number of halogens is 1. The smallest absolute Gasteiger partial charge is 0.260 e. The molecule has 2 N–H and O–H groups in total. The summed E-state index contributed by atoms with van der Waals surface area (Å²) in [5.74, 6) is -0.405. The van der Waals surface area contributed by atoms with E-state index in [1.165, 1.54) is 24.4 Å². The van der Waals surface area contributed by atoms with Crippen molar-refractivity contribution < 1.29 is 12.8 Å². The van der Waals surface area contributed by atoms with E-state index in [2.05, 4.69) is 15.0 Å². The topological polar surface area (TPSA) is 71.1 Å². The summed E-state index contributed by atoms with van der Waals surface area (Å²) in [6.45, 7) is 2.45. The third kappa shape index (κ3) is 3.99. The number of rotatable bonds is 6. The summed E-state index contributed by atoms with van der Waals surface area (Å²) in [7, 11) is -3.77. The summed E-state index contributed by atoms with van der Waals surface area (Å²) in [4.78, 5) is 3.91. The van der Waals surface area contributed by atoms with Crippen molar-refractivity contribution >= 4 is 15.7 Å². The van der Waals surface area contributed by atoms with Crippen LogP contribution in [0.15, 0.2) is 47.6 Å². The van der Waals surface area contributed by atoms with E-state index in [1.54, 1.807) is 18.2 Å². The summed E-state index contributed by atoms with van der Waals surface area (Å²) in [5.41, 5.74) is 0.978. The van der Waals surface area contributed by atoms with Crippen molar-refractivity contribution in [1.29, 1.82) is 0 Å². The number of hydrogen-bond acceptors (Lipinski definition) is 4. The maximum atomic E-state index is 13.1. The largest absolute Gasteiger partial charge is 0.383 e. The Hall–Kier alpha value is -1.99. The molecule has 1 heterocycles. The van der Waals surface area contributed by atoms with Gasteiger partial charge in [-0.05, 0) is 36.8 Å². The molecule has 112 valence electrons. The zero-order valence-corrected chi connectivity index (χ0v) is 12.3. The fourth-order valence-corrected chi connectivity index (χ4v) is 2.95. The van der Waals surface area contributed by atoms with Gasteiger partial charge in [0.15, 0.2) is 5.03 Å². The van der Waals surface area contributed by atoms with E-state index in [9.17, 15) is 12.8 Å². The molecule has 0 spiro atoms. The van der Waals surface area contributed by atoms with E-state index in [-0.39, 0.29) is 11.6 Å². The average molecular weight is 309 g/mol. The van der Waals surface area contributed by atoms with Gasteiger partial charge in [0.25, 0.3) is 10.0 Å². The highest BCUT2D eigenvalue weighted by Gasteiger charge is 2.19. The minimum Gasteiger partial charge on any atom is -0.383 e. The van der Waals surface area contributed by atoms with Crippen LogP contribution in [-0.4, -0.2) is 19.9 Å². The van der Waals surface area contributed by atoms with Crippen LogP contribution < -0.4 is 10.0 Å². The highest BCUT2D eigenvalue weighted by Crippen LogP contribution is 2.17. The first-order valence-electron chi connectivity index (χ1n) is 6.46. The van der Waals surface area contributed by atoms with E-state index < -0.39 is 15.8 Å². The first-order valence-corrected chi connectivity index (χ1v) is 7.94. The Bertz CT molecular complexity index is 720. The lowest BCUT2D eigenvalue weighted by Gasteiger charge is -2.11. The van der Waals surface area contributed by atoms with Crippen LogP contribution in [0.25, 0.3) is 0 Å². The molecule has 1 aromatic heterocycles. The molecule has 0 aliphatic rings. The Morgan fingerprint density at radius 1 is 1.24 bits per heavy atom. The standard InChI is InChI=1S/C14H16FN3O2S/c1-2-16-13-7-4-8-17-14(13)21(19,20)18-10-11-5-3-6-12(15)9-11/h3-9,16,18H,2,10H2,1H3. The first-order chi connectivity index (χ1) is 10.0. The van der Waals surface area contributed by atoms with Gasteiger partial charge in [0.1, 0.15) is 5.82 Å². The van der Waals surface area contributed by atoms with Gasteiger partial charge in [0.05, 0.1) is 5.69 Å². The van der Waals surface area contributed by atoms with Crippen molar-refractivity contribution in [2.45, 2.75) is 18.5 Å². The van der Waals surface area contributed by atoms with Crippen molar-refractivity contribution in [3.63, 3.8) is 0 Å². The van der Waals surface area contributed by atoms with E-state index in [4.69, 9.17) is 0 Å². The molecule has 2 aromatic rings. The summed E-state index contributed by atoms with van der Waals surface area (Å²) < 4.78 is 40.1. The second kappa shape index (κ2) is 6.64. The van der Waals surface area contributed by atoms with E-state index in [0.29, 0.717) is 17.8 Å². The Kier molecular flexibility index (Phi) is 4.87. The zero-order valence-electron chi connectivity index (χ0n) is 11.5. The van der Waals surface area contributed by atoms with Crippen LogP contribution in [0.4, 0.5) is 10.1 Å². The van der Waals surface area contributed by atoms with Crippen LogP contribution in [0.2, 0.25) is 0 Å². The zero-order chi connectivity index (χ0) is 15.3.